The van der Waals surface area contributed by atoms with E-state index >= 15 is 0 Å². The van der Waals surface area contributed by atoms with Crippen LogP contribution in [0.1, 0.15) is 47.9 Å². The third-order valence-electron chi connectivity index (χ3n) is 10.4. The van der Waals surface area contributed by atoms with Gasteiger partial charge in [0.1, 0.15) is 5.60 Å². The number of anilines is 2. The molecule has 3 saturated heterocycles. The Hall–Kier alpha value is -4.25. The Morgan fingerprint density at radius 2 is 1.51 bits per heavy atom. The van der Waals surface area contributed by atoms with Crippen molar-refractivity contribution in [2.75, 3.05) is 70.5 Å². The zero-order valence-corrected chi connectivity index (χ0v) is 28.0. The summed E-state index contributed by atoms with van der Waals surface area (Å²) in [7, 11) is 2.05. The molecule has 51 heavy (non-hydrogen) atoms. The van der Waals surface area contributed by atoms with Gasteiger partial charge in [0.25, 0.3) is 5.91 Å². The van der Waals surface area contributed by atoms with E-state index in [0.29, 0.717) is 37.0 Å². The molecule has 0 bridgehead atoms. The summed E-state index contributed by atoms with van der Waals surface area (Å²) in [5.41, 5.74) is 0.226. The van der Waals surface area contributed by atoms with Crippen molar-refractivity contribution in [1.29, 1.82) is 0 Å². The predicted molar refractivity (Wildman–Crippen MR) is 173 cm³/mol. The maximum atomic E-state index is 14.0. The molecule has 0 aliphatic carbocycles. The lowest BCUT2D eigenvalue weighted by molar-refractivity contribution is -0.143. The number of hydrogen-bond donors (Lipinski definition) is 2. The highest BCUT2D eigenvalue weighted by Gasteiger charge is 2.46. The van der Waals surface area contributed by atoms with E-state index in [1.807, 2.05) is 7.05 Å². The van der Waals surface area contributed by atoms with Gasteiger partial charge >= 0.3 is 24.5 Å². The van der Waals surface area contributed by atoms with Crippen LogP contribution in [-0.2, 0) is 38.6 Å². The first-order valence-electron chi connectivity index (χ1n) is 16.9. The van der Waals surface area contributed by atoms with Gasteiger partial charge in [0.15, 0.2) is 6.10 Å². The number of rotatable bonds is 5. The summed E-state index contributed by atoms with van der Waals surface area (Å²) in [6, 6.07) is 8.34. The van der Waals surface area contributed by atoms with Crippen molar-refractivity contribution in [3.8, 4) is 0 Å². The molecular weight excluding hydrogens is 686 g/mol. The van der Waals surface area contributed by atoms with Gasteiger partial charge in [0.05, 0.1) is 22.5 Å². The van der Waals surface area contributed by atoms with Gasteiger partial charge in [-0.05, 0) is 56.7 Å². The molecule has 0 aromatic heterocycles. The Balaban J connectivity index is 1.21. The number of fused-ring (bicyclic) bond motifs is 2. The lowest BCUT2D eigenvalue weighted by atomic mass is 9.82. The van der Waals surface area contributed by atoms with Crippen molar-refractivity contribution in [1.82, 2.24) is 19.6 Å². The van der Waals surface area contributed by atoms with Crippen LogP contribution < -0.4 is 11.1 Å². The number of nitrogens with two attached hydrogens (primary N) is 1. The second kappa shape index (κ2) is 14.1. The zero-order valence-electron chi connectivity index (χ0n) is 28.0. The van der Waals surface area contributed by atoms with E-state index < -0.39 is 70.9 Å². The van der Waals surface area contributed by atoms with Crippen LogP contribution in [-0.4, -0.2) is 109 Å². The van der Waals surface area contributed by atoms with Crippen LogP contribution in [0.5, 0.6) is 0 Å². The third-order valence-corrected chi connectivity index (χ3v) is 10.4. The predicted octanol–water partition coefficient (Wildman–Crippen LogP) is 5.15. The third kappa shape index (κ3) is 7.83. The monoisotopic (exact) mass is 726 g/mol. The summed E-state index contributed by atoms with van der Waals surface area (Å²) < 4.78 is 94.5. The molecular formula is C34H40F6N6O5. The highest BCUT2D eigenvalue weighted by molar-refractivity contribution is 5.89. The Labute approximate surface area is 290 Å². The molecule has 6 rings (SSSR count). The topological polar surface area (TPSA) is 121 Å². The van der Waals surface area contributed by atoms with Crippen LogP contribution >= 0.6 is 0 Å². The van der Waals surface area contributed by atoms with E-state index in [9.17, 15) is 40.7 Å². The van der Waals surface area contributed by atoms with E-state index in [2.05, 4.69) is 15.1 Å². The van der Waals surface area contributed by atoms with Gasteiger partial charge in [-0.25, -0.2) is 9.59 Å². The van der Waals surface area contributed by atoms with E-state index in [1.165, 1.54) is 9.80 Å². The number of alkyl halides is 6. The Bertz CT molecular complexity index is 1590. The molecule has 3 N–H and O–H groups in total. The van der Waals surface area contributed by atoms with Gasteiger partial charge in [0.2, 0.25) is 0 Å². The molecule has 11 nitrogen and oxygen atoms in total. The summed E-state index contributed by atoms with van der Waals surface area (Å²) in [5, 5.41) is 2.65. The number of nitrogens with zero attached hydrogens (tertiary/aromatic N) is 4. The maximum Gasteiger partial charge on any atom is 0.418 e. The van der Waals surface area contributed by atoms with E-state index in [4.69, 9.17) is 15.2 Å². The molecule has 2 aromatic rings. The molecule has 278 valence electrons. The van der Waals surface area contributed by atoms with Gasteiger partial charge in [-0.15, -0.1) is 0 Å². The molecule has 4 aliphatic rings. The fourth-order valence-electron chi connectivity index (χ4n) is 7.54. The Morgan fingerprint density at radius 1 is 0.922 bits per heavy atom. The normalized spacial score (nSPS) is 21.1. The van der Waals surface area contributed by atoms with Crippen LogP contribution in [0.25, 0.3) is 0 Å². The summed E-state index contributed by atoms with van der Waals surface area (Å²) in [6.07, 6.45) is -12.2. The lowest BCUT2D eigenvalue weighted by Crippen LogP contribution is -2.56. The van der Waals surface area contributed by atoms with Crippen molar-refractivity contribution in [3.63, 3.8) is 0 Å². The Kier molecular flexibility index (Phi) is 10.1. The number of ether oxygens (including phenoxy) is 2. The number of halogens is 6. The summed E-state index contributed by atoms with van der Waals surface area (Å²) in [5.74, 6) is -0.722. The van der Waals surface area contributed by atoms with Gasteiger partial charge in [-0.2, -0.15) is 26.3 Å². The summed E-state index contributed by atoms with van der Waals surface area (Å²) in [6.45, 7) is 3.47. The molecule has 2 aromatic carbocycles. The molecule has 0 unspecified atom stereocenters. The van der Waals surface area contributed by atoms with Crippen LogP contribution in [0.3, 0.4) is 0 Å². The van der Waals surface area contributed by atoms with Crippen molar-refractivity contribution in [2.24, 2.45) is 0 Å². The number of para-hydroxylation sites is 1. The minimum atomic E-state index is -5.22. The largest absolute Gasteiger partial charge is 0.438 e. The summed E-state index contributed by atoms with van der Waals surface area (Å²) in [4.78, 5) is 47.1. The van der Waals surface area contributed by atoms with Crippen molar-refractivity contribution in [2.45, 2.75) is 62.2 Å². The number of carbonyl (C=O) groups excluding carboxylic acids is 3. The number of amides is 3. The van der Waals surface area contributed by atoms with Crippen molar-refractivity contribution < 1.29 is 50.2 Å². The quantitative estimate of drug-likeness (QED) is 0.321. The van der Waals surface area contributed by atoms with Crippen LogP contribution in [0.4, 0.5) is 47.3 Å². The standard InChI is InChI=1S/C34H40F6N6O5/c1-43-10-6-22(7-11-43)44-14-16-45(17-15-44)29(47)27(20-21-18-24(33(35,36)37)28(41)25(19-21)34(38,39)40)50-31(49)46-12-8-32(9-13-46)23-4-2-3-5-26(23)42-30(48)51-32/h2-5,18-19,22,27H,6-17,20,41H2,1H3,(H,42,48)/t27-/m1/s1. The number of carbonyl (C=O) groups is 3. The maximum absolute atomic E-state index is 14.0. The second-order valence-corrected chi connectivity index (χ2v) is 13.6. The highest BCUT2D eigenvalue weighted by atomic mass is 19.4. The average Bonchev–Trinajstić information content (AvgIpc) is 3.08. The molecule has 1 atom stereocenters. The smallest absolute Gasteiger partial charge is 0.418 e. The molecule has 4 heterocycles. The molecule has 0 radical (unpaired) electrons. The van der Waals surface area contributed by atoms with E-state index in [-0.39, 0.29) is 39.0 Å². The van der Waals surface area contributed by atoms with E-state index in [0.717, 1.165) is 31.5 Å². The number of nitrogen functional groups attached to an aromatic ring is 1. The number of piperidine rings is 2. The first-order chi connectivity index (χ1) is 24.0. The average molecular weight is 727 g/mol. The van der Waals surface area contributed by atoms with Crippen LogP contribution in [0, 0.1) is 0 Å². The molecule has 0 saturated carbocycles. The molecule has 17 heteroatoms. The van der Waals surface area contributed by atoms with Crippen LogP contribution in [0.15, 0.2) is 36.4 Å². The Morgan fingerprint density at radius 3 is 2.10 bits per heavy atom. The SMILES string of the molecule is CN1CCC(N2CCN(C(=O)[C@@H](Cc3cc(C(F)(F)F)c(N)c(C(F)(F)F)c3)OC(=O)N3CCC4(CC3)OC(=O)Nc3ccccc34)CC2)CC1. The van der Waals surface area contributed by atoms with Crippen molar-refractivity contribution >= 4 is 29.5 Å². The number of nitrogens with one attached hydrogen (secondary N) is 1. The highest BCUT2D eigenvalue weighted by Crippen LogP contribution is 2.44. The number of piperazine rings is 1. The molecule has 4 aliphatic heterocycles. The molecule has 3 fully saturated rings. The second-order valence-electron chi connectivity index (χ2n) is 13.6. The summed E-state index contributed by atoms with van der Waals surface area (Å²) >= 11 is 0. The first-order valence-corrected chi connectivity index (χ1v) is 16.9. The first kappa shape index (κ1) is 36.5. The molecule has 1 spiro atoms. The number of benzene rings is 2. The minimum absolute atomic E-state index is 0.0366. The van der Waals surface area contributed by atoms with Gasteiger partial charge in [-0.1, -0.05) is 18.2 Å². The van der Waals surface area contributed by atoms with Crippen LogP contribution in [0.2, 0.25) is 0 Å². The van der Waals surface area contributed by atoms with Crippen molar-refractivity contribution in [3.05, 3.63) is 58.7 Å². The minimum Gasteiger partial charge on any atom is -0.438 e. The number of likely N-dealkylation sites (tertiary alicyclic amines) is 2. The van der Waals surface area contributed by atoms with Gasteiger partial charge < -0.3 is 29.9 Å². The number of hydrogen-bond acceptors (Lipinski definition) is 8. The lowest BCUT2D eigenvalue weighted by Gasteiger charge is -2.44. The fourth-order valence-corrected chi connectivity index (χ4v) is 7.54. The van der Waals surface area contributed by atoms with E-state index in [1.54, 1.807) is 24.3 Å². The zero-order chi connectivity index (χ0) is 36.7. The molecule has 3 amide bonds. The van der Waals surface area contributed by atoms with Gasteiger partial charge in [0, 0.05) is 70.1 Å². The fraction of sp³-hybridized carbons (Fsp3) is 0.559. The van der Waals surface area contributed by atoms with Gasteiger partial charge in [-0.3, -0.25) is 15.0 Å².